The van der Waals surface area contributed by atoms with Crippen LogP contribution in [0.15, 0.2) is 47.9 Å². The van der Waals surface area contributed by atoms with Crippen LogP contribution in [0.4, 0.5) is 0 Å². The van der Waals surface area contributed by atoms with Gasteiger partial charge in [0.15, 0.2) is 5.16 Å². The number of rotatable bonds is 5. The third kappa shape index (κ3) is 2.93. The van der Waals surface area contributed by atoms with Crippen LogP contribution in [-0.4, -0.2) is 40.6 Å². The molecule has 1 aromatic carbocycles. The Balaban J connectivity index is 1.79. The first-order valence-electron chi connectivity index (χ1n) is 8.07. The lowest BCUT2D eigenvalue weighted by Crippen LogP contribution is -2.36. The second-order valence-corrected chi connectivity index (χ2v) is 7.90. The molecule has 24 heavy (non-hydrogen) atoms. The number of amides is 1. The summed E-state index contributed by atoms with van der Waals surface area (Å²) < 4.78 is 0. The van der Waals surface area contributed by atoms with E-state index in [1.54, 1.807) is 17.3 Å². The van der Waals surface area contributed by atoms with E-state index in [9.17, 15) is 4.79 Å². The van der Waals surface area contributed by atoms with Gasteiger partial charge in [0.25, 0.3) is 5.91 Å². The van der Waals surface area contributed by atoms with Crippen LogP contribution < -0.4 is 0 Å². The van der Waals surface area contributed by atoms with Gasteiger partial charge in [-0.15, -0.1) is 0 Å². The maximum atomic E-state index is 12.7. The van der Waals surface area contributed by atoms with E-state index in [-0.39, 0.29) is 16.7 Å². The van der Waals surface area contributed by atoms with Crippen molar-refractivity contribution in [3.05, 3.63) is 53.9 Å². The largest absolute Gasteiger partial charge is 0.341 e. The lowest BCUT2D eigenvalue weighted by molar-refractivity contribution is 0.0774. The second-order valence-electron chi connectivity index (χ2n) is 7.13. The summed E-state index contributed by atoms with van der Waals surface area (Å²) in [7, 11) is 1.86. The minimum Gasteiger partial charge on any atom is -0.341 e. The minimum absolute atomic E-state index is 0.0265. The Labute approximate surface area is 147 Å². The van der Waals surface area contributed by atoms with Crippen LogP contribution in [0.3, 0.4) is 0 Å². The Bertz CT molecular complexity index is 730. The third-order valence-corrected chi connectivity index (χ3v) is 5.73. The van der Waals surface area contributed by atoms with Crippen LogP contribution >= 0.6 is 11.8 Å². The Morgan fingerprint density at radius 1 is 1.21 bits per heavy atom. The van der Waals surface area contributed by atoms with Crippen molar-refractivity contribution in [1.29, 1.82) is 0 Å². The van der Waals surface area contributed by atoms with Crippen LogP contribution in [0.25, 0.3) is 0 Å². The van der Waals surface area contributed by atoms with Gasteiger partial charge < -0.3 is 4.90 Å². The summed E-state index contributed by atoms with van der Waals surface area (Å²) in [5.74, 6) is -0.0272. The molecule has 0 saturated heterocycles. The molecule has 1 amide bonds. The summed E-state index contributed by atoms with van der Waals surface area (Å²) in [4.78, 5) is 22.9. The molecule has 5 heteroatoms. The van der Waals surface area contributed by atoms with E-state index in [1.807, 2.05) is 19.4 Å². The van der Waals surface area contributed by atoms with Crippen molar-refractivity contribution in [1.82, 2.24) is 14.9 Å². The van der Waals surface area contributed by atoms with Gasteiger partial charge in [0.05, 0.1) is 5.56 Å². The quantitative estimate of drug-likeness (QED) is 0.615. The smallest absolute Gasteiger partial charge is 0.256 e. The Morgan fingerprint density at radius 2 is 1.79 bits per heavy atom. The van der Waals surface area contributed by atoms with E-state index in [2.05, 4.69) is 48.1 Å². The fraction of sp³-hybridized carbons (Fsp3) is 0.421. The van der Waals surface area contributed by atoms with Crippen LogP contribution in [0.2, 0.25) is 0 Å². The molecule has 1 saturated carbocycles. The van der Waals surface area contributed by atoms with E-state index in [0.717, 1.165) is 6.42 Å². The highest BCUT2D eigenvalue weighted by molar-refractivity contribution is 7.98. The zero-order valence-corrected chi connectivity index (χ0v) is 15.4. The molecule has 126 valence electrons. The molecule has 1 aromatic heterocycles. The zero-order valence-electron chi connectivity index (χ0n) is 14.6. The molecule has 0 radical (unpaired) electrons. The molecule has 3 rings (SSSR count). The van der Waals surface area contributed by atoms with Gasteiger partial charge in [0, 0.05) is 31.4 Å². The first-order valence-corrected chi connectivity index (χ1v) is 9.29. The number of hydrogen-bond acceptors (Lipinski definition) is 4. The Kier molecular flexibility index (Phi) is 4.38. The summed E-state index contributed by atoms with van der Waals surface area (Å²) in [6, 6.07) is 10.5. The van der Waals surface area contributed by atoms with Crippen molar-refractivity contribution in [2.75, 3.05) is 19.8 Å². The Morgan fingerprint density at radius 3 is 2.29 bits per heavy atom. The van der Waals surface area contributed by atoms with E-state index in [1.165, 1.54) is 17.3 Å². The zero-order chi connectivity index (χ0) is 17.4. The monoisotopic (exact) mass is 341 g/mol. The molecule has 1 fully saturated rings. The highest BCUT2D eigenvalue weighted by Crippen LogP contribution is 2.64. The standard InChI is InChI=1S/C19H23N3OS/c1-18(2)12-19(18,15-8-6-5-7-9-15)13-22(3)16(23)14-10-20-17(24-4)21-11-14/h5-11H,12-13H2,1-4H3. The van der Waals surface area contributed by atoms with Crippen LogP contribution in [0, 0.1) is 5.41 Å². The van der Waals surface area contributed by atoms with E-state index >= 15 is 0 Å². The molecule has 2 aromatic rings. The lowest BCUT2D eigenvalue weighted by atomic mass is 9.87. The number of nitrogens with zero attached hydrogens (tertiary/aromatic N) is 3. The molecule has 1 heterocycles. The van der Waals surface area contributed by atoms with Crippen molar-refractivity contribution in [2.24, 2.45) is 5.41 Å². The van der Waals surface area contributed by atoms with Gasteiger partial charge in [0.2, 0.25) is 0 Å². The summed E-state index contributed by atoms with van der Waals surface area (Å²) in [5.41, 5.74) is 2.07. The number of thioether (sulfide) groups is 1. The van der Waals surface area contributed by atoms with Gasteiger partial charge in [-0.2, -0.15) is 0 Å². The first kappa shape index (κ1) is 17.0. The number of benzene rings is 1. The molecular weight excluding hydrogens is 318 g/mol. The van der Waals surface area contributed by atoms with E-state index in [4.69, 9.17) is 0 Å². The van der Waals surface area contributed by atoms with Gasteiger partial charge in [-0.25, -0.2) is 9.97 Å². The molecule has 0 spiro atoms. The number of aromatic nitrogens is 2. The van der Waals surface area contributed by atoms with Crippen molar-refractivity contribution >= 4 is 17.7 Å². The van der Waals surface area contributed by atoms with Crippen molar-refractivity contribution in [2.45, 2.75) is 30.8 Å². The molecule has 1 unspecified atom stereocenters. The molecule has 0 N–H and O–H groups in total. The van der Waals surface area contributed by atoms with Crippen molar-refractivity contribution < 1.29 is 4.79 Å². The molecule has 0 bridgehead atoms. The molecule has 1 aliphatic carbocycles. The number of hydrogen-bond donors (Lipinski definition) is 0. The maximum absolute atomic E-state index is 12.7. The first-order chi connectivity index (χ1) is 11.4. The second kappa shape index (κ2) is 6.20. The molecule has 0 aliphatic heterocycles. The lowest BCUT2D eigenvalue weighted by Gasteiger charge is -2.27. The fourth-order valence-electron chi connectivity index (χ4n) is 3.55. The molecular formula is C19H23N3OS. The highest BCUT2D eigenvalue weighted by atomic mass is 32.2. The topological polar surface area (TPSA) is 46.1 Å². The average Bonchev–Trinajstić information content (AvgIpc) is 3.16. The normalized spacial score (nSPS) is 21.3. The van der Waals surface area contributed by atoms with Crippen molar-refractivity contribution in [3.8, 4) is 0 Å². The minimum atomic E-state index is -0.0272. The Hall–Kier alpha value is -1.88. The predicted octanol–water partition coefficient (Wildman–Crippen LogP) is 3.64. The van der Waals surface area contributed by atoms with Crippen LogP contribution in [-0.2, 0) is 5.41 Å². The van der Waals surface area contributed by atoms with Gasteiger partial charge in [-0.3, -0.25) is 4.79 Å². The molecule has 1 aliphatic rings. The van der Waals surface area contributed by atoms with E-state index in [0.29, 0.717) is 17.3 Å². The number of carbonyl (C=O) groups excluding carboxylic acids is 1. The predicted molar refractivity (Wildman–Crippen MR) is 97.3 cm³/mol. The van der Waals surface area contributed by atoms with Gasteiger partial charge in [-0.1, -0.05) is 55.9 Å². The summed E-state index contributed by atoms with van der Waals surface area (Å²) in [6.45, 7) is 5.25. The summed E-state index contributed by atoms with van der Waals surface area (Å²) in [5, 5.41) is 0.679. The van der Waals surface area contributed by atoms with Crippen molar-refractivity contribution in [3.63, 3.8) is 0 Å². The molecule has 4 nitrogen and oxygen atoms in total. The van der Waals surface area contributed by atoms with Crippen LogP contribution in [0.1, 0.15) is 36.2 Å². The average molecular weight is 341 g/mol. The maximum Gasteiger partial charge on any atom is 0.256 e. The van der Waals surface area contributed by atoms with E-state index < -0.39 is 0 Å². The number of likely N-dealkylation sites (N-methyl/N-ethyl adjacent to an activating group) is 1. The third-order valence-electron chi connectivity index (χ3n) is 5.15. The van der Waals surface area contributed by atoms with Gasteiger partial charge >= 0.3 is 0 Å². The fourth-order valence-corrected chi connectivity index (χ4v) is 3.87. The highest BCUT2D eigenvalue weighted by Gasteiger charge is 2.62. The number of carbonyl (C=O) groups is 1. The summed E-state index contributed by atoms with van der Waals surface area (Å²) >= 11 is 1.47. The molecule has 1 atom stereocenters. The van der Waals surface area contributed by atoms with Gasteiger partial charge in [0.1, 0.15) is 0 Å². The SMILES string of the molecule is CSc1ncc(C(=O)N(C)CC2(c3ccccc3)CC2(C)C)cn1. The van der Waals surface area contributed by atoms with Gasteiger partial charge in [-0.05, 0) is 23.7 Å². The van der Waals surface area contributed by atoms with Crippen LogP contribution in [0.5, 0.6) is 0 Å². The summed E-state index contributed by atoms with van der Waals surface area (Å²) in [6.07, 6.45) is 6.24.